The molecule has 0 amide bonds. The van der Waals surface area contributed by atoms with Gasteiger partial charge in [0.25, 0.3) is 0 Å². The molecule has 1 saturated carbocycles. The molecule has 0 radical (unpaired) electrons. The van der Waals surface area contributed by atoms with Crippen molar-refractivity contribution in [1.29, 1.82) is 0 Å². The molecule has 1 saturated heterocycles. The second-order valence-electron chi connectivity index (χ2n) is 6.28. The van der Waals surface area contributed by atoms with E-state index in [4.69, 9.17) is 0 Å². The Hall–Kier alpha value is -0.960. The fourth-order valence-electron chi connectivity index (χ4n) is 3.49. The number of hydrogen-bond donors (Lipinski definition) is 0. The SMILES string of the molecule is CC(C)[C@@H]1CCN(C2CC2)[C@H]1c1ccc(F)c(F)c1. The standard InChI is InChI=1S/C16H21F2N/c1-10(2)13-7-8-19(12-4-5-12)16(13)11-3-6-14(17)15(18)9-11/h3,6,9-10,12-13,16H,4-5,7-8H2,1-2H3/t13-,16-/m0/s1. The number of rotatable bonds is 3. The smallest absolute Gasteiger partial charge is 0.159 e. The van der Waals surface area contributed by atoms with Gasteiger partial charge >= 0.3 is 0 Å². The quantitative estimate of drug-likeness (QED) is 0.793. The Labute approximate surface area is 113 Å². The van der Waals surface area contributed by atoms with Crippen molar-refractivity contribution in [2.24, 2.45) is 11.8 Å². The minimum Gasteiger partial charge on any atom is -0.293 e. The van der Waals surface area contributed by atoms with Gasteiger partial charge < -0.3 is 0 Å². The molecule has 0 bridgehead atoms. The van der Waals surface area contributed by atoms with Gasteiger partial charge in [-0.1, -0.05) is 19.9 Å². The van der Waals surface area contributed by atoms with Crippen molar-refractivity contribution in [3.8, 4) is 0 Å². The molecule has 1 heterocycles. The molecule has 3 heteroatoms. The van der Waals surface area contributed by atoms with Crippen molar-refractivity contribution in [3.05, 3.63) is 35.4 Å². The Morgan fingerprint density at radius 1 is 1.11 bits per heavy atom. The van der Waals surface area contributed by atoms with Crippen LogP contribution < -0.4 is 0 Å². The Morgan fingerprint density at radius 3 is 2.42 bits per heavy atom. The van der Waals surface area contributed by atoms with E-state index < -0.39 is 11.6 Å². The topological polar surface area (TPSA) is 3.24 Å². The lowest BCUT2D eigenvalue weighted by molar-refractivity contribution is 0.195. The minimum absolute atomic E-state index is 0.266. The zero-order valence-electron chi connectivity index (χ0n) is 11.6. The van der Waals surface area contributed by atoms with E-state index in [1.807, 2.05) is 0 Å². The summed E-state index contributed by atoms with van der Waals surface area (Å²) in [7, 11) is 0. The lowest BCUT2D eigenvalue weighted by Gasteiger charge is -2.30. The summed E-state index contributed by atoms with van der Waals surface area (Å²) in [4.78, 5) is 2.51. The number of hydrogen-bond acceptors (Lipinski definition) is 1. The highest BCUT2D eigenvalue weighted by Crippen LogP contribution is 2.46. The molecule has 2 atom stereocenters. The zero-order valence-corrected chi connectivity index (χ0v) is 11.6. The zero-order chi connectivity index (χ0) is 13.6. The van der Waals surface area contributed by atoms with Gasteiger partial charge in [0.15, 0.2) is 11.6 Å². The van der Waals surface area contributed by atoms with Crippen molar-refractivity contribution in [1.82, 2.24) is 4.90 Å². The first kappa shape index (κ1) is 13.0. The van der Waals surface area contributed by atoms with Crippen LogP contribution in [-0.2, 0) is 0 Å². The molecule has 0 aromatic heterocycles. The highest BCUT2D eigenvalue weighted by molar-refractivity contribution is 5.24. The fraction of sp³-hybridized carbons (Fsp3) is 0.625. The van der Waals surface area contributed by atoms with Crippen LogP contribution >= 0.6 is 0 Å². The maximum atomic E-state index is 13.5. The van der Waals surface area contributed by atoms with E-state index in [2.05, 4.69) is 18.7 Å². The van der Waals surface area contributed by atoms with Crippen molar-refractivity contribution in [2.45, 2.75) is 45.2 Å². The second kappa shape index (κ2) is 4.86. The van der Waals surface area contributed by atoms with Crippen molar-refractivity contribution >= 4 is 0 Å². The van der Waals surface area contributed by atoms with E-state index in [9.17, 15) is 8.78 Å². The van der Waals surface area contributed by atoms with Crippen LogP contribution in [0.25, 0.3) is 0 Å². The fourth-order valence-corrected chi connectivity index (χ4v) is 3.49. The number of benzene rings is 1. The molecule has 1 aromatic carbocycles. The molecule has 104 valence electrons. The summed E-state index contributed by atoms with van der Waals surface area (Å²) in [5, 5.41) is 0. The number of likely N-dealkylation sites (tertiary alicyclic amines) is 1. The maximum Gasteiger partial charge on any atom is 0.159 e. The normalized spacial score (nSPS) is 28.3. The summed E-state index contributed by atoms with van der Waals surface area (Å²) in [6.07, 6.45) is 3.67. The first-order valence-electron chi connectivity index (χ1n) is 7.28. The summed E-state index contributed by atoms with van der Waals surface area (Å²) in [6.45, 7) is 5.55. The van der Waals surface area contributed by atoms with Gasteiger partial charge in [0, 0.05) is 12.1 Å². The molecule has 0 unspecified atom stereocenters. The van der Waals surface area contributed by atoms with E-state index in [0.717, 1.165) is 18.5 Å². The van der Waals surface area contributed by atoms with E-state index in [1.54, 1.807) is 6.07 Å². The van der Waals surface area contributed by atoms with Gasteiger partial charge in [0.1, 0.15) is 0 Å². The average Bonchev–Trinajstić information content (AvgIpc) is 3.11. The molecular formula is C16H21F2N. The molecule has 1 aromatic rings. The summed E-state index contributed by atoms with van der Waals surface area (Å²) in [5.74, 6) is -0.351. The van der Waals surface area contributed by atoms with Gasteiger partial charge in [-0.2, -0.15) is 0 Å². The van der Waals surface area contributed by atoms with Crippen molar-refractivity contribution < 1.29 is 8.78 Å². The van der Waals surface area contributed by atoms with E-state index >= 15 is 0 Å². The summed E-state index contributed by atoms with van der Waals surface area (Å²) >= 11 is 0. The predicted octanol–water partition coefficient (Wildman–Crippen LogP) is 4.15. The predicted molar refractivity (Wildman–Crippen MR) is 71.8 cm³/mol. The van der Waals surface area contributed by atoms with Crippen LogP contribution in [0.15, 0.2) is 18.2 Å². The molecule has 1 aliphatic carbocycles. The van der Waals surface area contributed by atoms with E-state index in [0.29, 0.717) is 17.9 Å². The first-order valence-corrected chi connectivity index (χ1v) is 7.28. The first-order chi connectivity index (χ1) is 9.08. The number of nitrogens with zero attached hydrogens (tertiary/aromatic N) is 1. The minimum atomic E-state index is -0.749. The van der Waals surface area contributed by atoms with Crippen molar-refractivity contribution in [2.75, 3.05) is 6.54 Å². The van der Waals surface area contributed by atoms with Crippen molar-refractivity contribution in [3.63, 3.8) is 0 Å². The van der Waals surface area contributed by atoms with E-state index in [1.165, 1.54) is 25.0 Å². The Balaban J connectivity index is 1.94. The van der Waals surface area contributed by atoms with Gasteiger partial charge in [-0.15, -0.1) is 0 Å². The Morgan fingerprint density at radius 2 is 1.84 bits per heavy atom. The Kier molecular flexibility index (Phi) is 3.34. The van der Waals surface area contributed by atoms with Crippen LogP contribution in [-0.4, -0.2) is 17.5 Å². The van der Waals surface area contributed by atoms with Crippen LogP contribution in [0, 0.1) is 23.5 Å². The van der Waals surface area contributed by atoms with Crippen LogP contribution in [0.4, 0.5) is 8.78 Å². The second-order valence-corrected chi connectivity index (χ2v) is 6.28. The molecule has 1 aliphatic heterocycles. The van der Waals surface area contributed by atoms with Gasteiger partial charge in [-0.05, 0) is 55.3 Å². The average molecular weight is 265 g/mol. The third kappa shape index (κ3) is 2.40. The highest BCUT2D eigenvalue weighted by Gasteiger charge is 2.43. The van der Waals surface area contributed by atoms with Crippen LogP contribution in [0.3, 0.4) is 0 Å². The van der Waals surface area contributed by atoms with Crippen LogP contribution in [0.2, 0.25) is 0 Å². The van der Waals surface area contributed by atoms with Crippen LogP contribution in [0.1, 0.15) is 44.7 Å². The van der Waals surface area contributed by atoms with Gasteiger partial charge in [0.05, 0.1) is 0 Å². The van der Waals surface area contributed by atoms with Gasteiger partial charge in [-0.25, -0.2) is 8.78 Å². The maximum absolute atomic E-state index is 13.5. The lowest BCUT2D eigenvalue weighted by atomic mass is 9.85. The summed E-state index contributed by atoms with van der Waals surface area (Å²) in [6, 6.07) is 5.37. The molecule has 2 fully saturated rings. The summed E-state index contributed by atoms with van der Waals surface area (Å²) < 4.78 is 26.6. The van der Waals surface area contributed by atoms with Gasteiger partial charge in [-0.3, -0.25) is 4.90 Å². The molecule has 0 N–H and O–H groups in total. The third-order valence-corrected chi connectivity index (χ3v) is 4.64. The molecular weight excluding hydrogens is 244 g/mol. The highest BCUT2D eigenvalue weighted by atomic mass is 19.2. The molecule has 3 rings (SSSR count). The Bertz CT molecular complexity index is 458. The largest absolute Gasteiger partial charge is 0.293 e. The van der Waals surface area contributed by atoms with Crippen LogP contribution in [0.5, 0.6) is 0 Å². The van der Waals surface area contributed by atoms with Gasteiger partial charge in [0.2, 0.25) is 0 Å². The number of halogens is 2. The van der Waals surface area contributed by atoms with E-state index in [-0.39, 0.29) is 6.04 Å². The monoisotopic (exact) mass is 265 g/mol. The molecule has 1 nitrogen and oxygen atoms in total. The summed E-state index contributed by atoms with van der Waals surface area (Å²) in [5.41, 5.74) is 0.946. The molecule has 2 aliphatic rings. The molecule has 19 heavy (non-hydrogen) atoms. The third-order valence-electron chi connectivity index (χ3n) is 4.64. The lowest BCUT2D eigenvalue weighted by Crippen LogP contribution is -2.29. The molecule has 0 spiro atoms.